The van der Waals surface area contributed by atoms with Gasteiger partial charge in [0.15, 0.2) is 11.6 Å². The van der Waals surface area contributed by atoms with Crippen molar-refractivity contribution in [1.82, 2.24) is 0 Å². The minimum atomic E-state index is -0.832. The Bertz CT molecular complexity index is 654. The normalized spacial score (nSPS) is 10.6. The smallest absolute Gasteiger partial charge is 0.196 e. The van der Waals surface area contributed by atoms with Gasteiger partial charge in [0, 0.05) is 14.5 Å². The maximum Gasteiger partial charge on any atom is 0.196 e. The summed E-state index contributed by atoms with van der Waals surface area (Å²) >= 11 is 11.9. The zero-order valence-electron chi connectivity index (χ0n) is 9.18. The first-order chi connectivity index (χ1) is 8.90. The maximum atomic E-state index is 13.9. The van der Waals surface area contributed by atoms with Gasteiger partial charge in [-0.15, -0.1) is 0 Å². The molecule has 0 atom stereocenters. The molecule has 6 heteroatoms. The van der Waals surface area contributed by atoms with Crippen molar-refractivity contribution in [3.63, 3.8) is 0 Å². The zero-order valence-corrected chi connectivity index (χ0v) is 13.1. The van der Waals surface area contributed by atoms with E-state index in [-0.39, 0.29) is 16.1 Å². The van der Waals surface area contributed by atoms with Crippen molar-refractivity contribution in [3.05, 3.63) is 67.1 Å². The van der Waals surface area contributed by atoms with Crippen LogP contribution in [0.4, 0.5) is 8.78 Å². The molecule has 0 saturated carbocycles. The Morgan fingerprint density at radius 1 is 1.11 bits per heavy atom. The average molecular weight is 410 g/mol. The van der Waals surface area contributed by atoms with Crippen LogP contribution in [0.3, 0.4) is 0 Å². The van der Waals surface area contributed by atoms with Crippen molar-refractivity contribution in [1.29, 1.82) is 0 Å². The van der Waals surface area contributed by atoms with E-state index in [0.29, 0.717) is 8.95 Å². The number of carbonyl (C=O) groups excluding carboxylic acids is 1. The van der Waals surface area contributed by atoms with Crippen molar-refractivity contribution in [2.24, 2.45) is 0 Å². The molecule has 0 N–H and O–H groups in total. The second-order valence-electron chi connectivity index (χ2n) is 3.71. The van der Waals surface area contributed by atoms with Crippen molar-refractivity contribution in [3.8, 4) is 0 Å². The van der Waals surface area contributed by atoms with Crippen LogP contribution in [0.1, 0.15) is 15.9 Å². The van der Waals surface area contributed by atoms with Gasteiger partial charge < -0.3 is 0 Å². The number of halogens is 5. The fourth-order valence-electron chi connectivity index (χ4n) is 1.54. The Kier molecular flexibility index (Phi) is 4.38. The van der Waals surface area contributed by atoms with Gasteiger partial charge in [-0.3, -0.25) is 4.79 Å². The van der Waals surface area contributed by atoms with Crippen molar-refractivity contribution < 1.29 is 13.6 Å². The fraction of sp³-hybridized carbons (Fsp3) is 0. The highest BCUT2D eigenvalue weighted by atomic mass is 79.9. The molecule has 2 aromatic carbocycles. The summed E-state index contributed by atoms with van der Waals surface area (Å²) in [6.07, 6.45) is 0. The van der Waals surface area contributed by atoms with Gasteiger partial charge in [0.05, 0.1) is 10.6 Å². The summed E-state index contributed by atoms with van der Waals surface area (Å²) in [6.45, 7) is 0. The molecule has 0 aliphatic heterocycles. The van der Waals surface area contributed by atoms with E-state index in [2.05, 4.69) is 31.9 Å². The first-order valence-electron chi connectivity index (χ1n) is 5.04. The Labute approximate surface area is 129 Å². The molecule has 2 rings (SSSR count). The molecule has 98 valence electrons. The Morgan fingerprint density at radius 3 is 2.42 bits per heavy atom. The third kappa shape index (κ3) is 3.04. The van der Waals surface area contributed by atoms with Gasteiger partial charge in [-0.05, 0) is 46.3 Å². The molecule has 0 amide bonds. The van der Waals surface area contributed by atoms with Crippen LogP contribution in [0.15, 0.2) is 39.3 Å². The molecule has 0 saturated heterocycles. The van der Waals surface area contributed by atoms with E-state index in [1.165, 1.54) is 24.3 Å². The standard InChI is InChI=1S/C13H5Br2ClF2O/c14-7-3-6(4-8(17)5-7)13(19)9-1-2-10(15)11(16)12(9)18/h1-5H. The molecule has 0 aromatic heterocycles. The van der Waals surface area contributed by atoms with Crippen molar-refractivity contribution >= 4 is 49.2 Å². The number of hydrogen-bond acceptors (Lipinski definition) is 1. The van der Waals surface area contributed by atoms with Gasteiger partial charge in [-0.1, -0.05) is 27.5 Å². The van der Waals surface area contributed by atoms with Crippen LogP contribution in [-0.2, 0) is 0 Å². The van der Waals surface area contributed by atoms with Crippen molar-refractivity contribution in [2.45, 2.75) is 0 Å². The molecule has 1 nitrogen and oxygen atoms in total. The molecule has 0 bridgehead atoms. The molecule has 0 aliphatic rings. The highest BCUT2D eigenvalue weighted by Crippen LogP contribution is 2.29. The summed E-state index contributed by atoms with van der Waals surface area (Å²) in [5.41, 5.74) is -0.158. The second-order valence-corrected chi connectivity index (χ2v) is 5.86. The Hall–Kier alpha value is -0.780. The predicted octanol–water partition coefficient (Wildman–Crippen LogP) is 5.37. The molecule has 0 spiro atoms. The monoisotopic (exact) mass is 408 g/mol. The van der Waals surface area contributed by atoms with E-state index < -0.39 is 17.4 Å². The summed E-state index contributed by atoms with van der Waals surface area (Å²) < 4.78 is 27.9. The predicted molar refractivity (Wildman–Crippen MR) is 76.6 cm³/mol. The fourth-order valence-corrected chi connectivity index (χ4v) is 2.48. The van der Waals surface area contributed by atoms with Crippen LogP contribution >= 0.6 is 43.5 Å². The lowest BCUT2D eigenvalue weighted by Crippen LogP contribution is -2.05. The average Bonchev–Trinajstić information content (AvgIpc) is 2.34. The van der Waals surface area contributed by atoms with Crippen LogP contribution in [0.2, 0.25) is 5.02 Å². The molecule has 0 unspecified atom stereocenters. The summed E-state index contributed by atoms with van der Waals surface area (Å²) in [5, 5.41) is -0.179. The van der Waals surface area contributed by atoms with Crippen LogP contribution < -0.4 is 0 Å². The van der Waals surface area contributed by atoms with E-state index >= 15 is 0 Å². The van der Waals surface area contributed by atoms with E-state index in [4.69, 9.17) is 11.6 Å². The highest BCUT2D eigenvalue weighted by molar-refractivity contribution is 9.10. The molecule has 2 aromatic rings. The van der Waals surface area contributed by atoms with E-state index in [1.807, 2.05) is 0 Å². The van der Waals surface area contributed by atoms with E-state index in [0.717, 1.165) is 6.07 Å². The summed E-state index contributed by atoms with van der Waals surface area (Å²) in [6, 6.07) is 6.43. The zero-order chi connectivity index (χ0) is 14.2. The SMILES string of the molecule is O=C(c1cc(F)cc(Br)c1)c1ccc(Br)c(Cl)c1F. The van der Waals surface area contributed by atoms with E-state index in [9.17, 15) is 13.6 Å². The van der Waals surface area contributed by atoms with Gasteiger partial charge in [0.2, 0.25) is 0 Å². The first kappa shape index (κ1) is 14.6. The van der Waals surface area contributed by atoms with Gasteiger partial charge in [0.25, 0.3) is 0 Å². The molecular formula is C13H5Br2ClF2O. The molecular weight excluding hydrogens is 405 g/mol. The van der Waals surface area contributed by atoms with E-state index in [1.54, 1.807) is 0 Å². The largest absolute Gasteiger partial charge is 0.288 e. The third-order valence-corrected chi connectivity index (χ3v) is 4.12. The topological polar surface area (TPSA) is 17.1 Å². The van der Waals surface area contributed by atoms with Crippen LogP contribution in [0.5, 0.6) is 0 Å². The number of hydrogen-bond donors (Lipinski definition) is 0. The van der Waals surface area contributed by atoms with Crippen LogP contribution in [-0.4, -0.2) is 5.78 Å². The molecule has 19 heavy (non-hydrogen) atoms. The summed E-state index contributed by atoms with van der Waals surface area (Å²) in [5.74, 6) is -2.05. The Balaban J connectivity index is 2.53. The number of benzene rings is 2. The van der Waals surface area contributed by atoms with Gasteiger partial charge >= 0.3 is 0 Å². The quantitative estimate of drug-likeness (QED) is 0.480. The lowest BCUT2D eigenvalue weighted by atomic mass is 10.0. The van der Waals surface area contributed by atoms with Crippen molar-refractivity contribution in [2.75, 3.05) is 0 Å². The van der Waals surface area contributed by atoms with Gasteiger partial charge in [-0.25, -0.2) is 8.78 Å². The minimum absolute atomic E-state index is 0.0455. The minimum Gasteiger partial charge on any atom is -0.288 e. The van der Waals surface area contributed by atoms with Crippen LogP contribution in [0.25, 0.3) is 0 Å². The van der Waals surface area contributed by atoms with Gasteiger partial charge in [-0.2, -0.15) is 0 Å². The molecule has 0 radical (unpaired) electrons. The van der Waals surface area contributed by atoms with Gasteiger partial charge in [0.1, 0.15) is 5.82 Å². The first-order valence-corrected chi connectivity index (χ1v) is 7.01. The maximum absolute atomic E-state index is 13.9. The third-order valence-electron chi connectivity index (χ3n) is 2.40. The summed E-state index contributed by atoms with van der Waals surface area (Å²) in [4.78, 5) is 12.1. The lowest BCUT2D eigenvalue weighted by molar-refractivity contribution is 0.103. The lowest BCUT2D eigenvalue weighted by Gasteiger charge is -2.06. The Morgan fingerprint density at radius 2 is 1.79 bits per heavy atom. The second kappa shape index (κ2) is 5.69. The number of rotatable bonds is 2. The number of carbonyl (C=O) groups is 1. The van der Waals surface area contributed by atoms with Crippen LogP contribution in [0, 0.1) is 11.6 Å². The summed E-state index contributed by atoms with van der Waals surface area (Å²) in [7, 11) is 0. The number of ketones is 1. The molecule has 0 heterocycles. The molecule has 0 fully saturated rings. The molecule has 0 aliphatic carbocycles. The highest BCUT2D eigenvalue weighted by Gasteiger charge is 2.18.